The molecule has 0 saturated heterocycles. The molecule has 4 N–H and O–H groups in total. The molecule has 0 spiro atoms. The molecule has 0 aliphatic heterocycles. The van der Waals surface area contributed by atoms with Gasteiger partial charge in [-0.05, 0) is 18.8 Å². The van der Waals surface area contributed by atoms with Crippen molar-refractivity contribution in [3.63, 3.8) is 0 Å². The minimum absolute atomic E-state index is 0. The number of carbonyl (C=O) groups is 1. The molecule has 1 amide bonds. The maximum Gasteiger partial charge on any atom is 0.405 e. The summed E-state index contributed by atoms with van der Waals surface area (Å²) in [7, 11) is 0. The summed E-state index contributed by atoms with van der Waals surface area (Å²) in [5, 5.41) is 10.4. The van der Waals surface area contributed by atoms with Gasteiger partial charge in [0.05, 0.1) is 0 Å². The van der Waals surface area contributed by atoms with Gasteiger partial charge in [-0.25, -0.2) is 0 Å². The molecular weight excluding hydrogens is 311 g/mol. The maximum atomic E-state index is 13.4. The van der Waals surface area contributed by atoms with Crippen LogP contribution in [0.3, 0.4) is 0 Å². The monoisotopic (exact) mass is 326 g/mol. The number of hydrogen-bond donors (Lipinski definition) is 3. The van der Waals surface area contributed by atoms with Crippen LogP contribution in [0, 0.1) is 5.92 Å². The summed E-state index contributed by atoms with van der Waals surface area (Å²) in [4.78, 5) is 11.0. The Morgan fingerprint density at radius 1 is 1.30 bits per heavy atom. The average Bonchev–Trinajstić information content (AvgIpc) is 2.20. The van der Waals surface area contributed by atoms with Crippen LogP contribution in [-0.4, -0.2) is 41.8 Å². The van der Waals surface area contributed by atoms with E-state index in [1.807, 2.05) is 0 Å². The van der Waals surface area contributed by atoms with Gasteiger partial charge in [0.25, 0.3) is 5.91 Å². The molecule has 1 aliphatic rings. The van der Waals surface area contributed by atoms with E-state index in [0.29, 0.717) is 12.8 Å². The van der Waals surface area contributed by atoms with Crippen molar-refractivity contribution in [2.24, 2.45) is 11.7 Å². The number of aliphatic hydroxyl groups is 1. The van der Waals surface area contributed by atoms with Crippen molar-refractivity contribution in [2.45, 2.75) is 43.5 Å². The maximum absolute atomic E-state index is 13.4. The standard InChI is InChI=1S/C10H15F5N2O2.ClH/c11-9(12,13)4-17-8(19)10(14,15)7(18)6(16)5-2-1-3-5;/h5-7,18H,1-4,16H2,(H,17,19);1H. The summed E-state index contributed by atoms with van der Waals surface area (Å²) < 4.78 is 62.3. The number of halogens is 6. The van der Waals surface area contributed by atoms with Gasteiger partial charge in [0.1, 0.15) is 12.6 Å². The van der Waals surface area contributed by atoms with Gasteiger partial charge in [-0.3, -0.25) is 4.79 Å². The molecule has 2 atom stereocenters. The fourth-order valence-corrected chi connectivity index (χ4v) is 1.76. The van der Waals surface area contributed by atoms with Crippen molar-refractivity contribution in [3.8, 4) is 0 Å². The Morgan fingerprint density at radius 2 is 1.80 bits per heavy atom. The number of aliphatic hydroxyl groups excluding tert-OH is 1. The molecule has 1 fully saturated rings. The number of rotatable bonds is 5. The van der Waals surface area contributed by atoms with Crippen LogP contribution in [0.25, 0.3) is 0 Å². The predicted molar refractivity (Wildman–Crippen MR) is 62.6 cm³/mol. The van der Waals surface area contributed by atoms with E-state index < -0.39 is 36.7 Å². The van der Waals surface area contributed by atoms with Crippen LogP contribution in [-0.2, 0) is 4.79 Å². The van der Waals surface area contributed by atoms with Crippen molar-refractivity contribution in [1.29, 1.82) is 0 Å². The van der Waals surface area contributed by atoms with E-state index in [0.717, 1.165) is 11.7 Å². The number of amides is 1. The van der Waals surface area contributed by atoms with Crippen LogP contribution in [0.4, 0.5) is 22.0 Å². The number of alkyl halides is 5. The van der Waals surface area contributed by atoms with Gasteiger partial charge < -0.3 is 16.2 Å². The highest BCUT2D eigenvalue weighted by Crippen LogP contribution is 2.33. The Morgan fingerprint density at radius 3 is 2.15 bits per heavy atom. The first-order valence-corrected chi connectivity index (χ1v) is 5.72. The predicted octanol–water partition coefficient (Wildman–Crippen LogP) is 1.21. The summed E-state index contributed by atoms with van der Waals surface area (Å²) in [6.07, 6.45) is -5.40. The minimum Gasteiger partial charge on any atom is -0.385 e. The van der Waals surface area contributed by atoms with Crippen LogP contribution in [0.5, 0.6) is 0 Å². The normalized spacial score (nSPS) is 19.6. The van der Waals surface area contributed by atoms with Gasteiger partial charge >= 0.3 is 12.1 Å². The zero-order valence-corrected chi connectivity index (χ0v) is 11.1. The molecule has 120 valence electrons. The zero-order valence-electron chi connectivity index (χ0n) is 10.3. The van der Waals surface area contributed by atoms with E-state index in [-0.39, 0.29) is 18.3 Å². The second kappa shape index (κ2) is 6.86. The molecule has 2 unspecified atom stereocenters. The topological polar surface area (TPSA) is 75.3 Å². The molecule has 0 radical (unpaired) electrons. The van der Waals surface area contributed by atoms with Gasteiger partial charge in [0, 0.05) is 6.04 Å². The van der Waals surface area contributed by atoms with Crippen LogP contribution in [0.15, 0.2) is 0 Å². The molecule has 10 heteroatoms. The lowest BCUT2D eigenvalue weighted by Crippen LogP contribution is -2.58. The SMILES string of the molecule is Cl.NC(C1CCC1)C(O)C(F)(F)C(=O)NCC(F)(F)F. The van der Waals surface area contributed by atoms with E-state index in [4.69, 9.17) is 5.73 Å². The molecule has 20 heavy (non-hydrogen) atoms. The third kappa shape index (κ3) is 4.71. The van der Waals surface area contributed by atoms with E-state index in [9.17, 15) is 31.9 Å². The van der Waals surface area contributed by atoms with E-state index in [1.54, 1.807) is 0 Å². The first kappa shape index (κ1) is 19.3. The molecule has 0 bridgehead atoms. The largest absolute Gasteiger partial charge is 0.405 e. The molecule has 0 heterocycles. The number of hydrogen-bond acceptors (Lipinski definition) is 3. The second-order valence-electron chi connectivity index (χ2n) is 4.63. The first-order valence-electron chi connectivity index (χ1n) is 5.72. The fourth-order valence-electron chi connectivity index (χ4n) is 1.76. The Kier molecular flexibility index (Phi) is 6.63. The van der Waals surface area contributed by atoms with Gasteiger partial charge in [-0.15, -0.1) is 12.4 Å². The number of nitrogens with two attached hydrogens (primary N) is 1. The van der Waals surface area contributed by atoms with Crippen molar-refractivity contribution in [2.75, 3.05) is 6.54 Å². The summed E-state index contributed by atoms with van der Waals surface area (Å²) >= 11 is 0. The number of nitrogens with one attached hydrogen (secondary N) is 1. The summed E-state index contributed by atoms with van der Waals surface area (Å²) in [6.45, 7) is -1.88. The lowest BCUT2D eigenvalue weighted by Gasteiger charge is -2.36. The average molecular weight is 327 g/mol. The third-order valence-electron chi connectivity index (χ3n) is 3.18. The Hall–Kier alpha value is -0.670. The summed E-state index contributed by atoms with van der Waals surface area (Å²) in [5.74, 6) is -6.86. The Labute approximate surface area is 118 Å². The molecule has 0 aromatic carbocycles. The molecular formula is C10H16ClF5N2O2. The second-order valence-corrected chi connectivity index (χ2v) is 4.63. The van der Waals surface area contributed by atoms with Crippen LogP contribution in [0.1, 0.15) is 19.3 Å². The molecule has 1 rings (SSSR count). The van der Waals surface area contributed by atoms with Gasteiger partial charge in [-0.1, -0.05) is 6.42 Å². The lowest BCUT2D eigenvalue weighted by molar-refractivity contribution is -0.174. The van der Waals surface area contributed by atoms with E-state index in [2.05, 4.69) is 0 Å². The minimum atomic E-state index is -4.80. The third-order valence-corrected chi connectivity index (χ3v) is 3.18. The summed E-state index contributed by atoms with van der Waals surface area (Å²) in [6, 6.07) is -1.33. The highest BCUT2D eigenvalue weighted by Gasteiger charge is 2.51. The van der Waals surface area contributed by atoms with Crippen molar-refractivity contribution < 1.29 is 31.9 Å². The lowest BCUT2D eigenvalue weighted by atomic mass is 9.77. The Bertz CT molecular complexity index is 336. The zero-order chi connectivity index (χ0) is 14.8. The fraction of sp³-hybridized carbons (Fsp3) is 0.900. The Balaban J connectivity index is 0.00000361. The first-order chi connectivity index (χ1) is 8.55. The van der Waals surface area contributed by atoms with Gasteiger partial charge in [0.15, 0.2) is 0 Å². The number of carbonyl (C=O) groups excluding carboxylic acids is 1. The van der Waals surface area contributed by atoms with Crippen LogP contribution in [0.2, 0.25) is 0 Å². The van der Waals surface area contributed by atoms with Gasteiger partial charge in [0.2, 0.25) is 0 Å². The van der Waals surface area contributed by atoms with Crippen molar-refractivity contribution in [3.05, 3.63) is 0 Å². The van der Waals surface area contributed by atoms with E-state index in [1.165, 1.54) is 0 Å². The molecule has 1 aliphatic carbocycles. The molecule has 4 nitrogen and oxygen atoms in total. The van der Waals surface area contributed by atoms with Crippen LogP contribution >= 0.6 is 12.4 Å². The molecule has 0 aromatic rings. The smallest absolute Gasteiger partial charge is 0.385 e. The summed E-state index contributed by atoms with van der Waals surface area (Å²) in [5.41, 5.74) is 5.40. The molecule has 1 saturated carbocycles. The molecule has 0 aromatic heterocycles. The highest BCUT2D eigenvalue weighted by molar-refractivity contribution is 5.85. The van der Waals surface area contributed by atoms with E-state index >= 15 is 0 Å². The quantitative estimate of drug-likeness (QED) is 0.665. The van der Waals surface area contributed by atoms with Crippen molar-refractivity contribution in [1.82, 2.24) is 5.32 Å². The van der Waals surface area contributed by atoms with Crippen molar-refractivity contribution >= 4 is 18.3 Å². The van der Waals surface area contributed by atoms with Crippen LogP contribution < -0.4 is 11.1 Å². The highest BCUT2D eigenvalue weighted by atomic mass is 35.5. The van der Waals surface area contributed by atoms with Gasteiger partial charge in [-0.2, -0.15) is 22.0 Å².